The van der Waals surface area contributed by atoms with Crippen LogP contribution in [0.5, 0.6) is 11.5 Å². The predicted molar refractivity (Wildman–Crippen MR) is 127 cm³/mol. The molecule has 0 atom stereocenters. The molecule has 174 valence electrons. The van der Waals surface area contributed by atoms with Crippen LogP contribution in [0.2, 0.25) is 0 Å². The molecule has 0 unspecified atom stereocenters. The number of sulfone groups is 1. The molecular formula is C26H23NO6S. The quantitative estimate of drug-likeness (QED) is 0.342. The molecule has 0 radical (unpaired) electrons. The molecule has 0 amide bonds. The summed E-state index contributed by atoms with van der Waals surface area (Å²) in [5.74, 6) is 0.403. The molecule has 0 bridgehead atoms. The molecule has 3 aromatic rings. The lowest BCUT2D eigenvalue weighted by molar-refractivity contribution is 0.0600. The van der Waals surface area contributed by atoms with Gasteiger partial charge in [-0.3, -0.25) is 0 Å². The van der Waals surface area contributed by atoms with Crippen molar-refractivity contribution in [2.75, 3.05) is 14.2 Å². The summed E-state index contributed by atoms with van der Waals surface area (Å²) < 4.78 is 41.6. The second-order valence-corrected chi connectivity index (χ2v) is 9.24. The molecular weight excluding hydrogens is 454 g/mol. The van der Waals surface area contributed by atoms with Crippen LogP contribution in [0.3, 0.4) is 0 Å². The zero-order valence-corrected chi connectivity index (χ0v) is 19.8. The van der Waals surface area contributed by atoms with Crippen LogP contribution in [0.1, 0.15) is 27.0 Å². The van der Waals surface area contributed by atoms with Crippen LogP contribution >= 0.6 is 0 Å². The van der Waals surface area contributed by atoms with Crippen LogP contribution in [0, 0.1) is 18.3 Å². The van der Waals surface area contributed by atoms with Gasteiger partial charge in [-0.05, 0) is 60.5 Å². The molecule has 3 aromatic carbocycles. The van der Waals surface area contributed by atoms with Crippen molar-refractivity contribution in [2.45, 2.75) is 18.4 Å². The third-order valence-corrected chi connectivity index (χ3v) is 6.67. The van der Waals surface area contributed by atoms with E-state index in [1.165, 1.54) is 32.4 Å². The third-order valence-electron chi connectivity index (χ3n) is 4.99. The average Bonchev–Trinajstić information content (AvgIpc) is 2.86. The molecule has 0 fully saturated rings. The molecule has 0 aliphatic heterocycles. The summed E-state index contributed by atoms with van der Waals surface area (Å²) in [5.41, 5.74) is 2.66. The van der Waals surface area contributed by atoms with E-state index in [1.54, 1.807) is 60.7 Å². The molecule has 3 rings (SSSR count). The molecule has 0 spiro atoms. The number of ether oxygens (including phenoxy) is 3. The molecule has 34 heavy (non-hydrogen) atoms. The summed E-state index contributed by atoms with van der Waals surface area (Å²) in [6.45, 7) is 2.07. The fraction of sp³-hybridized carbons (Fsp3) is 0.154. The smallest absolute Gasteiger partial charge is 0.337 e. The molecule has 7 nitrogen and oxygen atoms in total. The number of rotatable bonds is 8. The van der Waals surface area contributed by atoms with Crippen LogP contribution in [-0.4, -0.2) is 28.6 Å². The topological polar surface area (TPSA) is 103 Å². The van der Waals surface area contributed by atoms with E-state index in [0.29, 0.717) is 22.6 Å². The van der Waals surface area contributed by atoms with Crippen LogP contribution in [0.4, 0.5) is 0 Å². The van der Waals surface area contributed by atoms with Crippen molar-refractivity contribution in [2.24, 2.45) is 0 Å². The minimum atomic E-state index is -3.96. The molecule has 0 aliphatic rings. The first kappa shape index (κ1) is 24.6. The van der Waals surface area contributed by atoms with Crippen molar-refractivity contribution in [1.29, 1.82) is 5.26 Å². The normalized spacial score (nSPS) is 11.4. The van der Waals surface area contributed by atoms with E-state index >= 15 is 0 Å². The molecule has 0 aliphatic carbocycles. The van der Waals surface area contributed by atoms with Crippen LogP contribution in [0.15, 0.2) is 76.5 Å². The van der Waals surface area contributed by atoms with Crippen molar-refractivity contribution in [3.63, 3.8) is 0 Å². The van der Waals surface area contributed by atoms with Gasteiger partial charge in [0.15, 0.2) is 11.5 Å². The lowest BCUT2D eigenvalue weighted by Crippen LogP contribution is -2.04. The highest BCUT2D eigenvalue weighted by molar-refractivity contribution is 7.95. The molecule has 0 saturated heterocycles. The third kappa shape index (κ3) is 5.63. The van der Waals surface area contributed by atoms with Gasteiger partial charge >= 0.3 is 5.97 Å². The zero-order valence-electron chi connectivity index (χ0n) is 18.9. The largest absolute Gasteiger partial charge is 0.493 e. The minimum Gasteiger partial charge on any atom is -0.493 e. The number of carbonyl (C=O) groups excluding carboxylic acids is 1. The Hall–Kier alpha value is -4.09. The Morgan fingerprint density at radius 1 is 0.971 bits per heavy atom. The molecule has 8 heteroatoms. The van der Waals surface area contributed by atoms with Gasteiger partial charge in [0.05, 0.1) is 24.7 Å². The van der Waals surface area contributed by atoms with Gasteiger partial charge < -0.3 is 14.2 Å². The Balaban J connectivity index is 1.81. The monoisotopic (exact) mass is 477 g/mol. The Labute approximate surface area is 198 Å². The summed E-state index contributed by atoms with van der Waals surface area (Å²) in [5, 5.41) is 9.52. The summed E-state index contributed by atoms with van der Waals surface area (Å²) >= 11 is 0. The van der Waals surface area contributed by atoms with Gasteiger partial charge in [0.2, 0.25) is 9.84 Å². The fourth-order valence-corrected chi connectivity index (χ4v) is 4.23. The van der Waals surface area contributed by atoms with E-state index in [9.17, 15) is 18.5 Å². The van der Waals surface area contributed by atoms with Crippen LogP contribution in [0.25, 0.3) is 6.08 Å². The van der Waals surface area contributed by atoms with Crippen molar-refractivity contribution in [1.82, 2.24) is 0 Å². The molecule has 0 N–H and O–H groups in total. The number of benzene rings is 3. The second-order valence-electron chi connectivity index (χ2n) is 7.32. The Bertz CT molecular complexity index is 1350. The number of methoxy groups -OCH3 is 2. The highest BCUT2D eigenvalue weighted by Crippen LogP contribution is 2.31. The maximum Gasteiger partial charge on any atom is 0.337 e. The SMILES string of the molecule is COC(=O)c1ccc(COc2ccc(/C=C(/C#N)S(=O)(=O)c3ccc(C)cc3)cc2OC)cc1. The zero-order chi connectivity index (χ0) is 24.7. The van der Waals surface area contributed by atoms with Gasteiger partial charge in [0.1, 0.15) is 17.6 Å². The van der Waals surface area contributed by atoms with E-state index in [1.807, 2.05) is 6.92 Å². The Kier molecular flexibility index (Phi) is 7.71. The minimum absolute atomic E-state index is 0.0519. The van der Waals surface area contributed by atoms with E-state index in [0.717, 1.165) is 11.1 Å². The number of esters is 1. The van der Waals surface area contributed by atoms with Crippen molar-refractivity contribution in [3.8, 4) is 17.6 Å². The predicted octanol–water partition coefficient (Wildman–Crippen LogP) is 4.71. The lowest BCUT2D eigenvalue weighted by Gasteiger charge is -2.12. The maximum atomic E-state index is 12.9. The maximum absolute atomic E-state index is 12.9. The van der Waals surface area contributed by atoms with Crippen molar-refractivity contribution >= 4 is 21.9 Å². The van der Waals surface area contributed by atoms with Gasteiger partial charge in [-0.25, -0.2) is 13.2 Å². The lowest BCUT2D eigenvalue weighted by atomic mass is 10.1. The number of carbonyl (C=O) groups is 1. The van der Waals surface area contributed by atoms with E-state index in [-0.39, 0.29) is 16.4 Å². The standard InChI is InChI=1S/C26H23NO6S/c1-18-4-11-22(12-5-18)34(29,30)23(16-27)14-20-8-13-24(25(15-20)31-2)33-17-19-6-9-21(10-7-19)26(28)32-3/h4-15H,17H2,1-3H3/b23-14-. The second kappa shape index (κ2) is 10.7. The van der Waals surface area contributed by atoms with Gasteiger partial charge in [-0.15, -0.1) is 0 Å². The summed E-state index contributed by atoms with van der Waals surface area (Å²) in [7, 11) is -1.17. The number of aryl methyl sites for hydroxylation is 1. The summed E-state index contributed by atoms with van der Waals surface area (Å²) in [6.07, 6.45) is 1.30. The number of nitriles is 1. The van der Waals surface area contributed by atoms with Gasteiger partial charge in [-0.2, -0.15) is 5.26 Å². The van der Waals surface area contributed by atoms with Gasteiger partial charge in [0.25, 0.3) is 0 Å². The Morgan fingerprint density at radius 3 is 2.24 bits per heavy atom. The summed E-state index contributed by atoms with van der Waals surface area (Å²) in [6, 6.07) is 19.8. The molecule has 0 saturated carbocycles. The first-order chi connectivity index (χ1) is 16.3. The number of hydrogen-bond acceptors (Lipinski definition) is 7. The number of allylic oxidation sites excluding steroid dienone is 1. The van der Waals surface area contributed by atoms with Crippen molar-refractivity contribution in [3.05, 3.63) is 93.9 Å². The highest BCUT2D eigenvalue weighted by atomic mass is 32.2. The van der Waals surface area contributed by atoms with E-state index < -0.39 is 15.8 Å². The fourth-order valence-electron chi connectivity index (χ4n) is 3.07. The van der Waals surface area contributed by atoms with E-state index in [4.69, 9.17) is 9.47 Å². The molecule has 0 heterocycles. The number of hydrogen-bond donors (Lipinski definition) is 0. The highest BCUT2D eigenvalue weighted by Gasteiger charge is 2.21. The first-order valence-corrected chi connectivity index (χ1v) is 11.7. The van der Waals surface area contributed by atoms with E-state index in [2.05, 4.69) is 4.74 Å². The first-order valence-electron chi connectivity index (χ1n) is 10.2. The molecule has 0 aromatic heterocycles. The summed E-state index contributed by atoms with van der Waals surface area (Å²) in [4.78, 5) is 11.2. The van der Waals surface area contributed by atoms with Gasteiger partial charge in [-0.1, -0.05) is 35.9 Å². The van der Waals surface area contributed by atoms with Gasteiger partial charge in [0, 0.05) is 0 Å². The van der Waals surface area contributed by atoms with Crippen LogP contribution in [-0.2, 0) is 21.2 Å². The van der Waals surface area contributed by atoms with Crippen LogP contribution < -0.4 is 9.47 Å². The van der Waals surface area contributed by atoms with Crippen molar-refractivity contribution < 1.29 is 27.4 Å². The average molecular weight is 478 g/mol. The Morgan fingerprint density at radius 2 is 1.65 bits per heavy atom. The number of nitrogens with zero attached hydrogens (tertiary/aromatic N) is 1.